The monoisotopic (exact) mass is 280 g/mol. The van der Waals surface area contributed by atoms with E-state index in [1.807, 2.05) is 0 Å². The van der Waals surface area contributed by atoms with Crippen molar-refractivity contribution in [2.75, 3.05) is 0 Å². The molecular formula is C10H8BrF3O. The summed E-state index contributed by atoms with van der Waals surface area (Å²) in [6.45, 7) is 2.81. The van der Waals surface area contributed by atoms with Crippen LogP contribution in [0.1, 0.15) is 28.4 Å². The predicted molar refractivity (Wildman–Crippen MR) is 53.9 cm³/mol. The molecule has 0 aliphatic carbocycles. The van der Waals surface area contributed by atoms with Gasteiger partial charge in [0.1, 0.15) is 0 Å². The van der Waals surface area contributed by atoms with Crippen LogP contribution >= 0.6 is 15.9 Å². The second-order valence-corrected chi connectivity index (χ2v) is 4.06. The molecule has 0 spiro atoms. The SMILES string of the molecule is CC(=O)c1cc(Br)c(C(F)(F)F)cc1C. The van der Waals surface area contributed by atoms with Crippen molar-refractivity contribution in [2.24, 2.45) is 0 Å². The van der Waals surface area contributed by atoms with Crippen LogP contribution in [-0.4, -0.2) is 5.78 Å². The molecule has 0 unspecified atom stereocenters. The zero-order valence-corrected chi connectivity index (χ0v) is 9.66. The van der Waals surface area contributed by atoms with Crippen LogP contribution in [0.25, 0.3) is 0 Å². The summed E-state index contributed by atoms with van der Waals surface area (Å²) in [5.74, 6) is -0.248. The summed E-state index contributed by atoms with van der Waals surface area (Å²) >= 11 is 2.81. The number of carbonyl (C=O) groups is 1. The van der Waals surface area contributed by atoms with Crippen LogP contribution in [0.5, 0.6) is 0 Å². The maximum atomic E-state index is 12.4. The lowest BCUT2D eigenvalue weighted by Crippen LogP contribution is -2.08. The third-order valence-electron chi connectivity index (χ3n) is 2.00. The Kier molecular flexibility index (Phi) is 3.23. The van der Waals surface area contributed by atoms with Gasteiger partial charge in [0, 0.05) is 10.0 Å². The highest BCUT2D eigenvalue weighted by atomic mass is 79.9. The van der Waals surface area contributed by atoms with Gasteiger partial charge in [-0.3, -0.25) is 4.79 Å². The molecule has 0 fully saturated rings. The molecule has 0 bridgehead atoms. The third kappa shape index (κ3) is 2.59. The second kappa shape index (κ2) is 3.96. The normalized spacial score (nSPS) is 11.6. The minimum absolute atomic E-state index is 0.106. The summed E-state index contributed by atoms with van der Waals surface area (Å²) in [6.07, 6.45) is -4.40. The number of halogens is 4. The van der Waals surface area contributed by atoms with E-state index in [1.54, 1.807) is 0 Å². The molecule has 0 aromatic heterocycles. The van der Waals surface area contributed by atoms with Crippen molar-refractivity contribution in [3.05, 3.63) is 33.3 Å². The minimum Gasteiger partial charge on any atom is -0.295 e. The summed E-state index contributed by atoms with van der Waals surface area (Å²) in [5, 5.41) is 0. The Morgan fingerprint density at radius 2 is 1.87 bits per heavy atom. The Morgan fingerprint density at radius 3 is 2.27 bits per heavy atom. The van der Waals surface area contributed by atoms with E-state index in [-0.39, 0.29) is 10.3 Å². The van der Waals surface area contributed by atoms with Crippen molar-refractivity contribution in [1.82, 2.24) is 0 Å². The third-order valence-corrected chi connectivity index (χ3v) is 2.65. The Bertz CT molecular complexity index is 410. The van der Waals surface area contributed by atoms with E-state index in [0.717, 1.165) is 6.07 Å². The molecule has 0 aliphatic rings. The molecule has 0 amide bonds. The molecule has 1 rings (SSSR count). The van der Waals surface area contributed by atoms with Crippen molar-refractivity contribution in [3.8, 4) is 0 Å². The maximum absolute atomic E-state index is 12.4. The van der Waals surface area contributed by atoms with Crippen molar-refractivity contribution in [3.63, 3.8) is 0 Å². The summed E-state index contributed by atoms with van der Waals surface area (Å²) in [4.78, 5) is 11.1. The van der Waals surface area contributed by atoms with Gasteiger partial charge in [0.05, 0.1) is 5.56 Å². The summed E-state index contributed by atoms with van der Waals surface area (Å²) in [6, 6.07) is 2.18. The van der Waals surface area contributed by atoms with Gasteiger partial charge >= 0.3 is 6.18 Å². The van der Waals surface area contributed by atoms with Crippen LogP contribution < -0.4 is 0 Å². The summed E-state index contributed by atoms with van der Waals surface area (Å²) < 4.78 is 37.2. The lowest BCUT2D eigenvalue weighted by molar-refractivity contribution is -0.138. The smallest absolute Gasteiger partial charge is 0.295 e. The number of alkyl halides is 3. The summed E-state index contributed by atoms with van der Waals surface area (Å²) in [5.41, 5.74) is -0.127. The molecule has 0 atom stereocenters. The van der Waals surface area contributed by atoms with Crippen molar-refractivity contribution >= 4 is 21.7 Å². The number of Topliss-reactive ketones (excluding diaryl/α,β-unsaturated/α-hetero) is 1. The molecule has 1 aromatic rings. The van der Waals surface area contributed by atoms with Crippen molar-refractivity contribution < 1.29 is 18.0 Å². The Balaban J connectivity index is 3.39. The number of benzene rings is 1. The number of rotatable bonds is 1. The molecule has 1 nitrogen and oxygen atoms in total. The van der Waals surface area contributed by atoms with Gasteiger partial charge in [-0.2, -0.15) is 13.2 Å². The van der Waals surface area contributed by atoms with E-state index in [1.165, 1.54) is 19.9 Å². The van der Waals surface area contributed by atoms with E-state index < -0.39 is 11.7 Å². The first-order chi connectivity index (χ1) is 6.73. The van der Waals surface area contributed by atoms with Gasteiger partial charge in [-0.15, -0.1) is 0 Å². The first kappa shape index (κ1) is 12.2. The maximum Gasteiger partial charge on any atom is 0.417 e. The van der Waals surface area contributed by atoms with Crippen LogP contribution in [0, 0.1) is 6.92 Å². The standard InChI is InChI=1S/C10H8BrF3O/c1-5-3-8(10(12,13)14)9(11)4-7(5)6(2)15/h3-4H,1-2H3. The molecule has 0 heterocycles. The molecule has 15 heavy (non-hydrogen) atoms. The topological polar surface area (TPSA) is 17.1 Å². The minimum atomic E-state index is -4.40. The molecule has 1 aromatic carbocycles. The van der Waals surface area contributed by atoms with Crippen LogP contribution in [-0.2, 0) is 6.18 Å². The van der Waals surface area contributed by atoms with E-state index in [0.29, 0.717) is 11.1 Å². The van der Waals surface area contributed by atoms with Gasteiger partial charge in [0.2, 0.25) is 0 Å². The lowest BCUT2D eigenvalue weighted by Gasteiger charge is -2.12. The number of carbonyl (C=O) groups excluding carboxylic acids is 1. The van der Waals surface area contributed by atoms with Gasteiger partial charge in [-0.1, -0.05) is 15.9 Å². The Hall–Kier alpha value is -0.840. The second-order valence-electron chi connectivity index (χ2n) is 3.20. The number of ketones is 1. The average Bonchev–Trinajstić information content (AvgIpc) is 2.06. The first-order valence-electron chi connectivity index (χ1n) is 4.11. The van der Waals surface area contributed by atoms with Crippen molar-refractivity contribution in [1.29, 1.82) is 0 Å². The fourth-order valence-corrected chi connectivity index (χ4v) is 1.85. The predicted octanol–water partition coefficient (Wildman–Crippen LogP) is 3.98. The highest BCUT2D eigenvalue weighted by Gasteiger charge is 2.33. The van der Waals surface area contributed by atoms with Crippen LogP contribution in [0.15, 0.2) is 16.6 Å². The fourth-order valence-electron chi connectivity index (χ4n) is 1.28. The van der Waals surface area contributed by atoms with Gasteiger partial charge in [-0.25, -0.2) is 0 Å². The molecule has 0 radical (unpaired) electrons. The lowest BCUT2D eigenvalue weighted by atomic mass is 10.0. The number of hydrogen-bond acceptors (Lipinski definition) is 1. The number of aryl methyl sites for hydroxylation is 1. The van der Waals surface area contributed by atoms with Gasteiger partial charge in [0.15, 0.2) is 5.78 Å². The Labute approximate surface area is 93.4 Å². The summed E-state index contributed by atoms with van der Waals surface area (Å²) in [7, 11) is 0. The van der Waals surface area contributed by atoms with E-state index in [9.17, 15) is 18.0 Å². The molecular weight excluding hydrogens is 273 g/mol. The van der Waals surface area contributed by atoms with Crippen LogP contribution in [0.3, 0.4) is 0 Å². The fraction of sp³-hybridized carbons (Fsp3) is 0.300. The molecule has 0 N–H and O–H groups in total. The zero-order valence-electron chi connectivity index (χ0n) is 8.07. The van der Waals surface area contributed by atoms with E-state index >= 15 is 0 Å². The highest BCUT2D eigenvalue weighted by molar-refractivity contribution is 9.10. The largest absolute Gasteiger partial charge is 0.417 e. The van der Waals surface area contributed by atoms with Gasteiger partial charge in [0.25, 0.3) is 0 Å². The quantitative estimate of drug-likeness (QED) is 0.711. The van der Waals surface area contributed by atoms with E-state index in [2.05, 4.69) is 15.9 Å². The first-order valence-corrected chi connectivity index (χ1v) is 4.91. The van der Waals surface area contributed by atoms with Gasteiger partial charge in [-0.05, 0) is 31.5 Å². The molecule has 0 saturated heterocycles. The van der Waals surface area contributed by atoms with E-state index in [4.69, 9.17) is 0 Å². The van der Waals surface area contributed by atoms with Crippen LogP contribution in [0.4, 0.5) is 13.2 Å². The molecule has 0 saturated carbocycles. The van der Waals surface area contributed by atoms with Gasteiger partial charge < -0.3 is 0 Å². The molecule has 5 heteroatoms. The van der Waals surface area contributed by atoms with Crippen LogP contribution in [0.2, 0.25) is 0 Å². The number of hydrogen-bond donors (Lipinski definition) is 0. The zero-order chi connectivity index (χ0) is 11.8. The average molecular weight is 281 g/mol. The van der Waals surface area contributed by atoms with Crippen molar-refractivity contribution in [2.45, 2.75) is 20.0 Å². The highest BCUT2D eigenvalue weighted by Crippen LogP contribution is 2.36. The molecule has 0 aliphatic heterocycles. The Morgan fingerprint density at radius 1 is 1.33 bits per heavy atom. The molecule has 82 valence electrons.